The smallest absolute Gasteiger partial charge is 0.314 e. The van der Waals surface area contributed by atoms with Gasteiger partial charge >= 0.3 is 5.69 Å². The number of hydrogen-bond acceptors (Lipinski definition) is 8. The van der Waals surface area contributed by atoms with Crippen LogP contribution in [-0.2, 0) is 14.3 Å². The molecular weight excluding hydrogens is 378 g/mol. The normalized spacial score (nSPS) is 16.0. The van der Waals surface area contributed by atoms with Gasteiger partial charge in [-0.15, -0.1) is 0 Å². The van der Waals surface area contributed by atoms with Crippen LogP contribution in [0, 0.1) is 17.0 Å². The van der Waals surface area contributed by atoms with E-state index in [1.807, 2.05) is 6.92 Å². The Morgan fingerprint density at radius 3 is 2.56 bits per heavy atom. The number of nitro benzene ring substituents is 1. The second-order valence-electron chi connectivity index (χ2n) is 5.83. The Labute approximate surface area is 155 Å². The lowest BCUT2D eigenvalue weighted by Crippen LogP contribution is -2.34. The van der Waals surface area contributed by atoms with Crippen molar-refractivity contribution < 1.29 is 31.7 Å². The van der Waals surface area contributed by atoms with E-state index >= 15 is 0 Å². The van der Waals surface area contributed by atoms with E-state index in [0.29, 0.717) is 0 Å². The molecule has 27 heavy (non-hydrogen) atoms. The topological polar surface area (TPSA) is 114 Å². The Kier molecular flexibility index (Phi) is 5.19. The average Bonchev–Trinajstić information content (AvgIpc) is 2.65. The molecule has 0 aromatic heterocycles. The predicted octanol–water partition coefficient (Wildman–Crippen LogP) is 2.46. The molecule has 1 atom stereocenters. The molecule has 2 aromatic carbocycles. The van der Waals surface area contributed by atoms with Crippen LogP contribution < -0.4 is 14.2 Å². The molecule has 144 valence electrons. The number of hydrogen-bond donors (Lipinski definition) is 0. The zero-order chi connectivity index (χ0) is 19.6. The number of aryl methyl sites for hydroxylation is 1. The molecule has 1 aliphatic heterocycles. The molecule has 0 N–H and O–H groups in total. The molecule has 2 aromatic rings. The highest BCUT2D eigenvalue weighted by atomic mass is 32.2. The molecule has 0 spiro atoms. The van der Waals surface area contributed by atoms with Crippen molar-refractivity contribution in [1.29, 1.82) is 0 Å². The Morgan fingerprint density at radius 2 is 1.93 bits per heavy atom. The van der Waals surface area contributed by atoms with Gasteiger partial charge < -0.3 is 14.2 Å². The van der Waals surface area contributed by atoms with Gasteiger partial charge in [-0.25, -0.2) is 0 Å². The first-order chi connectivity index (χ1) is 12.8. The monoisotopic (exact) mass is 395 g/mol. The van der Waals surface area contributed by atoms with Gasteiger partial charge in [-0.1, -0.05) is 17.7 Å². The SMILES string of the molecule is COc1cc2c(cc1[N+](=O)[O-])O[C@H](COS(=O)(=O)c1ccc(C)cc1)CO2. The summed E-state index contributed by atoms with van der Waals surface area (Å²) in [6, 6.07) is 8.77. The molecule has 0 unspecified atom stereocenters. The van der Waals surface area contributed by atoms with E-state index in [9.17, 15) is 18.5 Å². The lowest BCUT2D eigenvalue weighted by atomic mass is 10.2. The van der Waals surface area contributed by atoms with Crippen LogP contribution in [0.5, 0.6) is 17.2 Å². The van der Waals surface area contributed by atoms with E-state index in [1.165, 1.54) is 31.4 Å². The molecule has 0 saturated heterocycles. The number of methoxy groups -OCH3 is 1. The minimum Gasteiger partial charge on any atom is -0.490 e. The van der Waals surface area contributed by atoms with E-state index in [0.717, 1.165) is 5.56 Å². The largest absolute Gasteiger partial charge is 0.490 e. The van der Waals surface area contributed by atoms with Crippen LogP contribution in [0.2, 0.25) is 0 Å². The van der Waals surface area contributed by atoms with Crippen molar-refractivity contribution in [2.24, 2.45) is 0 Å². The molecule has 1 aliphatic rings. The Hall–Kier alpha value is -2.85. The summed E-state index contributed by atoms with van der Waals surface area (Å²) in [5.41, 5.74) is 0.639. The fourth-order valence-electron chi connectivity index (χ4n) is 2.46. The maximum atomic E-state index is 12.2. The number of benzene rings is 2. The van der Waals surface area contributed by atoms with Crippen molar-refractivity contribution in [2.75, 3.05) is 20.3 Å². The Balaban J connectivity index is 1.72. The van der Waals surface area contributed by atoms with Gasteiger partial charge in [-0.2, -0.15) is 8.42 Å². The van der Waals surface area contributed by atoms with Crippen molar-refractivity contribution in [1.82, 2.24) is 0 Å². The van der Waals surface area contributed by atoms with Crippen molar-refractivity contribution in [3.8, 4) is 17.2 Å². The maximum Gasteiger partial charge on any atom is 0.314 e. The number of rotatable bonds is 6. The third kappa shape index (κ3) is 4.12. The third-order valence-corrected chi connectivity index (χ3v) is 5.17. The van der Waals surface area contributed by atoms with Crippen LogP contribution in [0.4, 0.5) is 5.69 Å². The zero-order valence-corrected chi connectivity index (χ0v) is 15.4. The molecule has 3 rings (SSSR count). The Morgan fingerprint density at radius 1 is 1.22 bits per heavy atom. The minimum absolute atomic E-state index is 0.0252. The summed E-state index contributed by atoms with van der Waals surface area (Å²) in [5.74, 6) is 0.434. The molecule has 0 saturated carbocycles. The highest BCUT2D eigenvalue weighted by molar-refractivity contribution is 7.86. The van der Waals surface area contributed by atoms with E-state index in [1.54, 1.807) is 12.1 Å². The number of nitro groups is 1. The van der Waals surface area contributed by atoms with E-state index in [4.69, 9.17) is 18.4 Å². The first kappa shape index (κ1) is 18.9. The van der Waals surface area contributed by atoms with Gasteiger partial charge in [-0.3, -0.25) is 14.3 Å². The van der Waals surface area contributed by atoms with Crippen LogP contribution in [0.1, 0.15) is 5.56 Å². The minimum atomic E-state index is -3.95. The van der Waals surface area contributed by atoms with Gasteiger partial charge in [0.05, 0.1) is 23.0 Å². The molecule has 0 bridgehead atoms. The Bertz CT molecular complexity index is 956. The van der Waals surface area contributed by atoms with Gasteiger partial charge in [0.15, 0.2) is 17.6 Å². The second-order valence-corrected chi connectivity index (χ2v) is 7.45. The van der Waals surface area contributed by atoms with Crippen molar-refractivity contribution in [3.05, 3.63) is 52.1 Å². The summed E-state index contributed by atoms with van der Waals surface area (Å²) in [7, 11) is -2.64. The van der Waals surface area contributed by atoms with Crippen LogP contribution in [0.25, 0.3) is 0 Å². The lowest BCUT2D eigenvalue weighted by molar-refractivity contribution is -0.385. The fourth-order valence-corrected chi connectivity index (χ4v) is 3.39. The molecule has 10 heteroatoms. The maximum absolute atomic E-state index is 12.2. The molecule has 0 fully saturated rings. The van der Waals surface area contributed by atoms with Gasteiger partial charge in [0.2, 0.25) is 5.75 Å². The summed E-state index contributed by atoms with van der Waals surface area (Å²) in [6.45, 7) is 1.57. The van der Waals surface area contributed by atoms with Gasteiger partial charge in [0, 0.05) is 6.07 Å². The first-order valence-electron chi connectivity index (χ1n) is 7.92. The summed E-state index contributed by atoms with van der Waals surface area (Å²) >= 11 is 0. The van der Waals surface area contributed by atoms with Crippen molar-refractivity contribution >= 4 is 15.8 Å². The van der Waals surface area contributed by atoms with Gasteiger partial charge in [-0.05, 0) is 19.1 Å². The standard InChI is InChI=1S/C17H17NO8S/c1-11-3-5-13(6-4-11)27(21,22)25-10-12-9-24-16-8-15(23-2)14(18(19)20)7-17(16)26-12/h3-8,12H,9-10H2,1-2H3/t12-/m0/s1. The summed E-state index contributed by atoms with van der Waals surface area (Å²) < 4.78 is 45.6. The van der Waals surface area contributed by atoms with Gasteiger partial charge in [0.25, 0.3) is 10.1 Å². The van der Waals surface area contributed by atoms with Crippen LogP contribution in [-0.4, -0.2) is 39.8 Å². The fraction of sp³-hybridized carbons (Fsp3) is 0.294. The van der Waals surface area contributed by atoms with Crippen molar-refractivity contribution in [3.63, 3.8) is 0 Å². The van der Waals surface area contributed by atoms with Crippen LogP contribution in [0.3, 0.4) is 0 Å². The highest BCUT2D eigenvalue weighted by Gasteiger charge is 2.28. The predicted molar refractivity (Wildman–Crippen MR) is 93.9 cm³/mol. The van der Waals surface area contributed by atoms with E-state index in [-0.39, 0.29) is 41.0 Å². The highest BCUT2D eigenvalue weighted by Crippen LogP contribution is 2.41. The lowest BCUT2D eigenvalue weighted by Gasteiger charge is -2.26. The van der Waals surface area contributed by atoms with Gasteiger partial charge in [0.1, 0.15) is 13.2 Å². The molecule has 0 amide bonds. The number of nitrogens with zero attached hydrogens (tertiary/aromatic N) is 1. The second kappa shape index (κ2) is 7.41. The summed E-state index contributed by atoms with van der Waals surface area (Å²) in [6.07, 6.45) is -0.745. The molecular formula is C17H17NO8S. The quantitative estimate of drug-likeness (QED) is 0.416. The average molecular weight is 395 g/mol. The van der Waals surface area contributed by atoms with Crippen LogP contribution in [0.15, 0.2) is 41.3 Å². The zero-order valence-electron chi connectivity index (χ0n) is 14.6. The third-order valence-electron chi connectivity index (χ3n) is 3.88. The molecule has 9 nitrogen and oxygen atoms in total. The van der Waals surface area contributed by atoms with E-state index < -0.39 is 21.1 Å². The molecule has 1 heterocycles. The number of ether oxygens (including phenoxy) is 3. The first-order valence-corrected chi connectivity index (χ1v) is 9.33. The summed E-state index contributed by atoms with van der Waals surface area (Å²) in [5, 5.41) is 11.1. The molecule has 0 radical (unpaired) electrons. The summed E-state index contributed by atoms with van der Waals surface area (Å²) in [4.78, 5) is 10.5. The number of fused-ring (bicyclic) bond motifs is 1. The van der Waals surface area contributed by atoms with Crippen LogP contribution >= 0.6 is 0 Å². The molecule has 0 aliphatic carbocycles. The van der Waals surface area contributed by atoms with E-state index in [2.05, 4.69) is 0 Å². The van der Waals surface area contributed by atoms with Crippen molar-refractivity contribution in [2.45, 2.75) is 17.9 Å².